The Hall–Kier alpha value is -0.900. The molecule has 1 atom stereocenters. The Morgan fingerprint density at radius 1 is 1.41 bits per heavy atom. The van der Waals surface area contributed by atoms with Gasteiger partial charge in [0.25, 0.3) is 0 Å². The molecule has 94 valence electrons. The first kappa shape index (κ1) is 14.2. The molecular formula is C13H16F2OS. The van der Waals surface area contributed by atoms with Gasteiger partial charge in [-0.05, 0) is 18.1 Å². The van der Waals surface area contributed by atoms with E-state index in [2.05, 4.69) is 0 Å². The normalized spacial score (nSPS) is 12.5. The molecule has 17 heavy (non-hydrogen) atoms. The number of carbonyl (C=O) groups is 1. The van der Waals surface area contributed by atoms with E-state index in [4.69, 9.17) is 0 Å². The molecule has 0 radical (unpaired) electrons. The summed E-state index contributed by atoms with van der Waals surface area (Å²) in [4.78, 5) is 11.6. The van der Waals surface area contributed by atoms with Crippen LogP contribution in [0.4, 0.5) is 8.78 Å². The van der Waals surface area contributed by atoms with Gasteiger partial charge in [-0.2, -0.15) is 11.8 Å². The number of hydrogen-bond donors (Lipinski definition) is 0. The van der Waals surface area contributed by atoms with Crippen LogP contribution in [0.3, 0.4) is 0 Å². The van der Waals surface area contributed by atoms with Crippen LogP contribution in [-0.2, 0) is 11.2 Å². The summed E-state index contributed by atoms with van der Waals surface area (Å²) in [6.45, 7) is 4.09. The second kappa shape index (κ2) is 6.74. The molecule has 4 heteroatoms. The molecule has 1 rings (SSSR count). The van der Waals surface area contributed by atoms with Crippen LogP contribution >= 0.6 is 11.8 Å². The summed E-state index contributed by atoms with van der Waals surface area (Å²) >= 11 is 1.55. The van der Waals surface area contributed by atoms with Crippen molar-refractivity contribution in [2.45, 2.75) is 31.9 Å². The monoisotopic (exact) mass is 258 g/mol. The minimum absolute atomic E-state index is 0.0347. The van der Waals surface area contributed by atoms with Gasteiger partial charge < -0.3 is 0 Å². The second-order valence-corrected chi connectivity index (χ2v) is 5.39. The predicted octanol–water partition coefficient (Wildman–Crippen LogP) is 3.61. The summed E-state index contributed by atoms with van der Waals surface area (Å²) in [6.07, 6.45) is 0.958. The number of ketones is 1. The molecule has 0 saturated heterocycles. The zero-order chi connectivity index (χ0) is 12.8. The van der Waals surface area contributed by atoms with Gasteiger partial charge >= 0.3 is 0 Å². The van der Waals surface area contributed by atoms with Crippen molar-refractivity contribution in [2.24, 2.45) is 0 Å². The molecule has 1 unspecified atom stereocenters. The predicted molar refractivity (Wildman–Crippen MR) is 67.3 cm³/mol. The van der Waals surface area contributed by atoms with Gasteiger partial charge in [-0.1, -0.05) is 26.0 Å². The average molecular weight is 258 g/mol. The first-order valence-corrected chi connectivity index (χ1v) is 6.65. The third-order valence-corrected chi connectivity index (χ3v) is 3.91. The lowest BCUT2D eigenvalue weighted by Crippen LogP contribution is -2.10. The highest BCUT2D eigenvalue weighted by Gasteiger charge is 2.12. The minimum Gasteiger partial charge on any atom is -0.298 e. The Bertz CT molecular complexity index is 393. The zero-order valence-electron chi connectivity index (χ0n) is 10.0. The Kier molecular flexibility index (Phi) is 5.62. The van der Waals surface area contributed by atoms with Crippen molar-refractivity contribution < 1.29 is 13.6 Å². The van der Waals surface area contributed by atoms with E-state index < -0.39 is 11.6 Å². The summed E-state index contributed by atoms with van der Waals surface area (Å²) in [5.41, 5.74) is 0.139. The van der Waals surface area contributed by atoms with Crippen molar-refractivity contribution in [1.29, 1.82) is 0 Å². The molecule has 0 N–H and O–H groups in total. The molecule has 0 aliphatic heterocycles. The third kappa shape index (κ3) is 4.46. The molecule has 0 heterocycles. The standard InChI is InChI=1S/C13H16F2OS/c1-3-9(2)17-8-11(16)7-10-5-4-6-12(14)13(10)15/h4-6,9H,3,7-8H2,1-2H3. The molecule has 0 amide bonds. The molecule has 0 aliphatic carbocycles. The van der Waals surface area contributed by atoms with Crippen LogP contribution in [0.1, 0.15) is 25.8 Å². The summed E-state index contributed by atoms with van der Waals surface area (Å²) in [5, 5.41) is 0.413. The van der Waals surface area contributed by atoms with Crippen molar-refractivity contribution in [3.8, 4) is 0 Å². The highest BCUT2D eigenvalue weighted by atomic mass is 32.2. The average Bonchev–Trinajstić information content (AvgIpc) is 2.32. The molecule has 1 nitrogen and oxygen atoms in total. The largest absolute Gasteiger partial charge is 0.298 e. The van der Waals surface area contributed by atoms with Crippen molar-refractivity contribution >= 4 is 17.5 Å². The lowest BCUT2D eigenvalue weighted by atomic mass is 10.1. The van der Waals surface area contributed by atoms with Crippen LogP contribution in [-0.4, -0.2) is 16.8 Å². The van der Waals surface area contributed by atoms with Gasteiger partial charge in [0, 0.05) is 11.7 Å². The summed E-state index contributed by atoms with van der Waals surface area (Å²) in [6, 6.07) is 3.92. The van der Waals surface area contributed by atoms with Crippen LogP contribution in [0.5, 0.6) is 0 Å². The number of hydrogen-bond acceptors (Lipinski definition) is 2. The van der Waals surface area contributed by atoms with Crippen molar-refractivity contribution in [3.63, 3.8) is 0 Å². The quantitative estimate of drug-likeness (QED) is 0.775. The first-order chi connectivity index (χ1) is 8.04. The maximum atomic E-state index is 13.3. The lowest BCUT2D eigenvalue weighted by molar-refractivity contribution is -0.116. The fourth-order valence-corrected chi connectivity index (χ4v) is 2.11. The van der Waals surface area contributed by atoms with Crippen LogP contribution in [0.25, 0.3) is 0 Å². The number of rotatable bonds is 6. The topological polar surface area (TPSA) is 17.1 Å². The van der Waals surface area contributed by atoms with Gasteiger partial charge in [0.05, 0.1) is 5.75 Å². The Labute approximate surface area is 105 Å². The third-order valence-electron chi connectivity index (χ3n) is 2.52. The maximum absolute atomic E-state index is 13.3. The maximum Gasteiger partial charge on any atom is 0.162 e. The van der Waals surface area contributed by atoms with Crippen molar-refractivity contribution in [1.82, 2.24) is 0 Å². The van der Waals surface area contributed by atoms with E-state index in [1.54, 1.807) is 11.8 Å². The van der Waals surface area contributed by atoms with Gasteiger partial charge in [0.2, 0.25) is 0 Å². The number of carbonyl (C=O) groups excluding carboxylic acids is 1. The molecule has 1 aromatic carbocycles. The van der Waals surface area contributed by atoms with E-state index in [-0.39, 0.29) is 17.8 Å². The summed E-state index contributed by atoms with van der Waals surface area (Å²) in [7, 11) is 0. The molecular weight excluding hydrogens is 242 g/mol. The molecule has 0 aliphatic rings. The van der Waals surface area contributed by atoms with Gasteiger partial charge in [0.1, 0.15) is 5.78 Å². The fraction of sp³-hybridized carbons (Fsp3) is 0.462. The SMILES string of the molecule is CCC(C)SCC(=O)Cc1cccc(F)c1F. The summed E-state index contributed by atoms with van der Waals surface area (Å²) < 4.78 is 26.2. The van der Waals surface area contributed by atoms with Crippen LogP contribution in [0.2, 0.25) is 0 Å². The van der Waals surface area contributed by atoms with E-state index >= 15 is 0 Å². The number of halogens is 2. The van der Waals surface area contributed by atoms with Gasteiger partial charge in [-0.3, -0.25) is 4.79 Å². The second-order valence-electron chi connectivity index (χ2n) is 3.96. The minimum atomic E-state index is -0.908. The smallest absolute Gasteiger partial charge is 0.162 e. The van der Waals surface area contributed by atoms with E-state index in [1.807, 2.05) is 13.8 Å². The first-order valence-electron chi connectivity index (χ1n) is 5.60. The molecule has 0 aromatic heterocycles. The highest BCUT2D eigenvalue weighted by molar-refractivity contribution is 8.00. The Morgan fingerprint density at radius 2 is 2.12 bits per heavy atom. The van der Waals surface area contributed by atoms with E-state index in [0.717, 1.165) is 12.5 Å². The van der Waals surface area contributed by atoms with Gasteiger partial charge in [-0.25, -0.2) is 8.78 Å². The fourth-order valence-electron chi connectivity index (χ4n) is 1.30. The van der Waals surface area contributed by atoms with Crippen LogP contribution in [0.15, 0.2) is 18.2 Å². The molecule has 0 bridgehead atoms. The highest BCUT2D eigenvalue weighted by Crippen LogP contribution is 2.16. The zero-order valence-corrected chi connectivity index (χ0v) is 10.8. The summed E-state index contributed by atoms with van der Waals surface area (Å²) in [5.74, 6) is -1.52. The molecule has 0 fully saturated rings. The number of Topliss-reactive ketones (excluding diaryl/α,β-unsaturated/α-hetero) is 1. The Balaban J connectivity index is 2.54. The van der Waals surface area contributed by atoms with Crippen molar-refractivity contribution in [2.75, 3.05) is 5.75 Å². The van der Waals surface area contributed by atoms with E-state index in [1.165, 1.54) is 12.1 Å². The van der Waals surface area contributed by atoms with E-state index in [9.17, 15) is 13.6 Å². The van der Waals surface area contributed by atoms with Crippen LogP contribution in [0, 0.1) is 11.6 Å². The molecule has 1 aromatic rings. The van der Waals surface area contributed by atoms with Gasteiger partial charge in [0.15, 0.2) is 11.6 Å². The lowest BCUT2D eigenvalue weighted by Gasteiger charge is -2.07. The number of benzene rings is 1. The molecule has 0 saturated carbocycles. The van der Waals surface area contributed by atoms with Gasteiger partial charge in [-0.15, -0.1) is 0 Å². The number of thioether (sulfide) groups is 1. The Morgan fingerprint density at radius 3 is 2.76 bits per heavy atom. The van der Waals surface area contributed by atoms with E-state index in [0.29, 0.717) is 11.0 Å². The van der Waals surface area contributed by atoms with Crippen molar-refractivity contribution in [3.05, 3.63) is 35.4 Å². The van der Waals surface area contributed by atoms with Crippen LogP contribution < -0.4 is 0 Å². The molecule has 0 spiro atoms.